The highest BCUT2D eigenvalue weighted by atomic mass is 16.5. The molecule has 0 bridgehead atoms. The monoisotopic (exact) mass is 427 g/mol. The second-order valence-electron chi connectivity index (χ2n) is 7.69. The Labute approximate surface area is 186 Å². The van der Waals surface area contributed by atoms with Gasteiger partial charge in [0.05, 0.1) is 5.92 Å². The number of nitrogens with two attached hydrogens (primary N) is 2. The van der Waals surface area contributed by atoms with Crippen molar-refractivity contribution in [3.63, 3.8) is 0 Å². The molecule has 4 aromatic rings. The number of primary amides is 1. The minimum absolute atomic E-state index is 0.119. The number of hydrogen-bond acceptors (Lipinski definition) is 5. The van der Waals surface area contributed by atoms with Gasteiger partial charge < -0.3 is 21.3 Å². The molecule has 5 N–H and O–H groups in total. The average molecular weight is 428 g/mol. The zero-order valence-corrected chi connectivity index (χ0v) is 17.5. The molecule has 0 aliphatic carbocycles. The molecule has 3 atom stereocenters. The minimum Gasteiger partial charge on any atom is -0.491 e. The highest BCUT2D eigenvalue weighted by molar-refractivity contribution is 5.85. The van der Waals surface area contributed by atoms with Gasteiger partial charge in [-0.15, -0.1) is 0 Å². The number of fused-ring (bicyclic) bond motifs is 1. The van der Waals surface area contributed by atoms with Crippen molar-refractivity contribution in [3.05, 3.63) is 108 Å². The Morgan fingerprint density at radius 3 is 2.34 bits per heavy atom. The first-order valence-corrected chi connectivity index (χ1v) is 10.4. The number of ether oxygens (including phenoxy) is 1. The molecule has 0 aliphatic rings. The molecule has 0 radical (unpaired) electrons. The van der Waals surface area contributed by atoms with E-state index in [9.17, 15) is 9.90 Å². The summed E-state index contributed by atoms with van der Waals surface area (Å²) in [6, 6.07) is 23.5. The van der Waals surface area contributed by atoms with Crippen LogP contribution in [0.1, 0.15) is 34.8 Å². The molecule has 1 amide bonds. The van der Waals surface area contributed by atoms with Gasteiger partial charge in [-0.2, -0.15) is 0 Å². The minimum atomic E-state index is -0.731. The Hall–Kier alpha value is -3.74. The van der Waals surface area contributed by atoms with Crippen LogP contribution in [0.4, 0.5) is 0 Å². The summed E-state index contributed by atoms with van der Waals surface area (Å²) in [5, 5.41) is 12.3. The molecular weight excluding hydrogens is 402 g/mol. The molecule has 0 aliphatic heterocycles. The van der Waals surface area contributed by atoms with Crippen molar-refractivity contribution in [3.8, 4) is 5.75 Å². The van der Waals surface area contributed by atoms with E-state index in [1.807, 2.05) is 54.6 Å². The third-order valence-electron chi connectivity index (χ3n) is 5.55. The average Bonchev–Trinajstić information content (AvgIpc) is 2.83. The van der Waals surface area contributed by atoms with Crippen molar-refractivity contribution < 1.29 is 14.6 Å². The van der Waals surface area contributed by atoms with E-state index in [2.05, 4.69) is 4.98 Å². The predicted molar refractivity (Wildman–Crippen MR) is 124 cm³/mol. The van der Waals surface area contributed by atoms with E-state index in [1.54, 1.807) is 36.7 Å². The molecule has 0 fully saturated rings. The highest BCUT2D eigenvalue weighted by Gasteiger charge is 2.27. The van der Waals surface area contributed by atoms with Crippen molar-refractivity contribution in [2.45, 2.75) is 18.1 Å². The number of pyridine rings is 1. The SMILES string of the molecule is NC(=O)C(c1ccc(OCC(O)c2ccccc2)cc1)C(N)c1ccc2cnccc2c1. The van der Waals surface area contributed by atoms with Gasteiger partial charge in [0.25, 0.3) is 0 Å². The zero-order valence-electron chi connectivity index (χ0n) is 17.5. The molecule has 32 heavy (non-hydrogen) atoms. The Kier molecular flexibility index (Phi) is 6.44. The number of carbonyl (C=O) groups excluding carboxylic acids is 1. The molecular formula is C26H25N3O3. The summed E-state index contributed by atoms with van der Waals surface area (Å²) < 4.78 is 5.71. The lowest BCUT2D eigenvalue weighted by Gasteiger charge is -2.22. The van der Waals surface area contributed by atoms with E-state index in [1.165, 1.54) is 0 Å². The van der Waals surface area contributed by atoms with Gasteiger partial charge in [-0.05, 0) is 46.3 Å². The van der Waals surface area contributed by atoms with Gasteiger partial charge in [-0.1, -0.05) is 54.6 Å². The van der Waals surface area contributed by atoms with Crippen LogP contribution in [0, 0.1) is 0 Å². The lowest BCUT2D eigenvalue weighted by Crippen LogP contribution is -2.31. The van der Waals surface area contributed by atoms with Crippen LogP contribution in [0.5, 0.6) is 5.75 Å². The van der Waals surface area contributed by atoms with Crippen molar-refractivity contribution in [1.29, 1.82) is 0 Å². The van der Waals surface area contributed by atoms with E-state index >= 15 is 0 Å². The Bertz CT molecular complexity index is 1200. The summed E-state index contributed by atoms with van der Waals surface area (Å²) in [5.41, 5.74) is 14.5. The first-order chi connectivity index (χ1) is 15.5. The zero-order chi connectivity index (χ0) is 22.5. The fourth-order valence-corrected chi connectivity index (χ4v) is 3.77. The predicted octanol–water partition coefficient (Wildman–Crippen LogP) is 3.62. The van der Waals surface area contributed by atoms with E-state index in [-0.39, 0.29) is 6.61 Å². The van der Waals surface area contributed by atoms with E-state index in [4.69, 9.17) is 16.2 Å². The highest BCUT2D eigenvalue weighted by Crippen LogP contribution is 2.31. The lowest BCUT2D eigenvalue weighted by atomic mass is 9.86. The van der Waals surface area contributed by atoms with Crippen LogP contribution in [0.25, 0.3) is 10.8 Å². The standard InChI is InChI=1S/C26H25N3O3/c27-25(20-6-7-21-15-29-13-12-19(21)14-20)24(26(28)31)18-8-10-22(11-9-18)32-16-23(30)17-4-2-1-3-5-17/h1-15,23-25,30H,16,27H2,(H2,28,31). The lowest BCUT2D eigenvalue weighted by molar-refractivity contribution is -0.119. The van der Waals surface area contributed by atoms with Crippen LogP contribution in [-0.4, -0.2) is 22.6 Å². The maximum Gasteiger partial charge on any atom is 0.226 e. The van der Waals surface area contributed by atoms with Gasteiger partial charge in [0.1, 0.15) is 18.5 Å². The van der Waals surface area contributed by atoms with Crippen molar-refractivity contribution in [1.82, 2.24) is 4.98 Å². The smallest absolute Gasteiger partial charge is 0.226 e. The van der Waals surface area contributed by atoms with Gasteiger partial charge in [0.15, 0.2) is 0 Å². The number of aliphatic hydroxyl groups excluding tert-OH is 1. The molecule has 1 aromatic heterocycles. The van der Waals surface area contributed by atoms with Crippen LogP contribution >= 0.6 is 0 Å². The Morgan fingerprint density at radius 1 is 0.906 bits per heavy atom. The maximum absolute atomic E-state index is 12.3. The number of benzene rings is 3. The van der Waals surface area contributed by atoms with Crippen LogP contribution in [-0.2, 0) is 4.79 Å². The fourth-order valence-electron chi connectivity index (χ4n) is 3.77. The number of rotatable bonds is 8. The van der Waals surface area contributed by atoms with Gasteiger partial charge >= 0.3 is 0 Å². The van der Waals surface area contributed by atoms with Gasteiger partial charge in [-0.25, -0.2) is 0 Å². The summed E-state index contributed by atoms with van der Waals surface area (Å²) >= 11 is 0. The summed E-state index contributed by atoms with van der Waals surface area (Å²) in [7, 11) is 0. The molecule has 6 nitrogen and oxygen atoms in total. The Balaban J connectivity index is 1.49. The Morgan fingerprint density at radius 2 is 1.62 bits per heavy atom. The number of carbonyl (C=O) groups is 1. The summed E-state index contributed by atoms with van der Waals surface area (Å²) in [4.78, 5) is 16.4. The quantitative estimate of drug-likeness (QED) is 0.398. The van der Waals surface area contributed by atoms with Crippen LogP contribution < -0.4 is 16.2 Å². The number of aliphatic hydroxyl groups is 1. The number of amides is 1. The van der Waals surface area contributed by atoms with Gasteiger partial charge in [-0.3, -0.25) is 9.78 Å². The van der Waals surface area contributed by atoms with E-state index < -0.39 is 24.0 Å². The van der Waals surface area contributed by atoms with Crippen LogP contribution in [0.3, 0.4) is 0 Å². The van der Waals surface area contributed by atoms with Crippen LogP contribution in [0.15, 0.2) is 91.3 Å². The molecule has 6 heteroatoms. The normalized spacial score (nSPS) is 13.9. The summed E-state index contributed by atoms with van der Waals surface area (Å²) in [5.74, 6) is -0.613. The molecule has 4 rings (SSSR count). The van der Waals surface area contributed by atoms with Crippen LogP contribution in [0.2, 0.25) is 0 Å². The first-order valence-electron chi connectivity index (χ1n) is 10.4. The molecule has 0 saturated carbocycles. The van der Waals surface area contributed by atoms with Crippen molar-refractivity contribution >= 4 is 16.7 Å². The third-order valence-corrected chi connectivity index (χ3v) is 5.55. The molecule has 0 spiro atoms. The maximum atomic E-state index is 12.3. The molecule has 3 unspecified atom stereocenters. The van der Waals surface area contributed by atoms with Crippen molar-refractivity contribution in [2.24, 2.45) is 11.5 Å². The number of hydrogen-bond donors (Lipinski definition) is 3. The second kappa shape index (κ2) is 9.60. The number of aromatic nitrogens is 1. The second-order valence-corrected chi connectivity index (χ2v) is 7.69. The van der Waals surface area contributed by atoms with Crippen molar-refractivity contribution in [2.75, 3.05) is 6.61 Å². The summed E-state index contributed by atoms with van der Waals surface area (Å²) in [6.07, 6.45) is 2.77. The topological polar surface area (TPSA) is 111 Å². The molecule has 3 aromatic carbocycles. The first kappa shape index (κ1) is 21.5. The molecule has 0 saturated heterocycles. The largest absolute Gasteiger partial charge is 0.491 e. The van der Waals surface area contributed by atoms with E-state index in [0.29, 0.717) is 11.3 Å². The summed E-state index contributed by atoms with van der Waals surface area (Å²) in [6.45, 7) is 0.119. The van der Waals surface area contributed by atoms with Gasteiger partial charge in [0.2, 0.25) is 5.91 Å². The third kappa shape index (κ3) is 4.77. The fraction of sp³-hybridized carbons (Fsp3) is 0.154. The van der Waals surface area contributed by atoms with Gasteiger partial charge in [0, 0.05) is 23.8 Å². The number of nitrogens with zero attached hydrogens (tertiary/aromatic N) is 1. The molecule has 162 valence electrons. The van der Waals surface area contributed by atoms with E-state index in [0.717, 1.165) is 21.9 Å². The molecule has 1 heterocycles.